The van der Waals surface area contributed by atoms with Gasteiger partial charge in [0.25, 0.3) is 0 Å². The Kier molecular flexibility index (Phi) is 5.33. The van der Waals surface area contributed by atoms with Gasteiger partial charge in [0.2, 0.25) is 5.91 Å². The summed E-state index contributed by atoms with van der Waals surface area (Å²) >= 11 is 0. The summed E-state index contributed by atoms with van der Waals surface area (Å²) in [6.07, 6.45) is 5.08. The normalized spacial score (nSPS) is 23.0. The third-order valence-corrected chi connectivity index (χ3v) is 4.81. The largest absolute Gasteiger partial charge is 0.467 e. The number of ether oxygens (including phenoxy) is 1. The molecular formula is C17H24N2O4. The Labute approximate surface area is 136 Å². The van der Waals surface area contributed by atoms with Gasteiger partial charge in [-0.3, -0.25) is 9.59 Å². The Morgan fingerprint density at radius 2 is 2.13 bits per heavy atom. The third kappa shape index (κ3) is 4.34. The summed E-state index contributed by atoms with van der Waals surface area (Å²) in [6.45, 7) is 3.78. The molecule has 1 atom stereocenters. The molecule has 0 aromatic carbocycles. The second kappa shape index (κ2) is 7.64. The fraction of sp³-hybridized carbons (Fsp3) is 0.647. The standard InChI is InChI=1S/C17H24N2O4/c20-16(18-12-15-2-1-10-22-15)13-3-7-19(8-4-13)9-5-14-6-11-23-17(14)21/h1-2,10,13-14H,3-9,11-12H2,(H,18,20)/t14-/m1/s1. The molecule has 2 aliphatic heterocycles. The zero-order valence-electron chi connectivity index (χ0n) is 13.3. The first kappa shape index (κ1) is 16.1. The van der Waals surface area contributed by atoms with Crippen molar-refractivity contribution < 1.29 is 18.7 Å². The van der Waals surface area contributed by atoms with Crippen LogP contribution in [0, 0.1) is 11.8 Å². The highest BCUT2D eigenvalue weighted by molar-refractivity contribution is 5.78. The van der Waals surface area contributed by atoms with Gasteiger partial charge in [-0.25, -0.2) is 0 Å². The Bertz CT molecular complexity index is 521. The summed E-state index contributed by atoms with van der Waals surface area (Å²) in [7, 11) is 0. The first-order valence-corrected chi connectivity index (χ1v) is 8.41. The van der Waals surface area contributed by atoms with Gasteiger partial charge in [0.15, 0.2) is 0 Å². The van der Waals surface area contributed by atoms with Crippen molar-refractivity contribution >= 4 is 11.9 Å². The highest BCUT2D eigenvalue weighted by Gasteiger charge is 2.29. The number of nitrogens with zero attached hydrogens (tertiary/aromatic N) is 1. The summed E-state index contributed by atoms with van der Waals surface area (Å²) in [5.41, 5.74) is 0. The van der Waals surface area contributed by atoms with Crippen LogP contribution in [0.3, 0.4) is 0 Å². The molecule has 1 aromatic heterocycles. The average Bonchev–Trinajstić information content (AvgIpc) is 3.23. The van der Waals surface area contributed by atoms with Crippen LogP contribution in [0.15, 0.2) is 22.8 Å². The van der Waals surface area contributed by atoms with Gasteiger partial charge in [0.05, 0.1) is 25.3 Å². The SMILES string of the molecule is O=C(NCc1ccco1)C1CCN(CC[C@@H]2CCOC2=O)CC1. The summed E-state index contributed by atoms with van der Waals surface area (Å²) in [5.74, 6) is 0.999. The van der Waals surface area contributed by atoms with Crippen LogP contribution in [0.4, 0.5) is 0 Å². The molecule has 0 radical (unpaired) electrons. The molecule has 2 fully saturated rings. The first-order chi connectivity index (χ1) is 11.2. The topological polar surface area (TPSA) is 71.8 Å². The van der Waals surface area contributed by atoms with Gasteiger partial charge >= 0.3 is 5.97 Å². The lowest BCUT2D eigenvalue weighted by Crippen LogP contribution is -2.41. The monoisotopic (exact) mass is 320 g/mol. The number of rotatable bonds is 6. The van der Waals surface area contributed by atoms with Crippen molar-refractivity contribution in [3.05, 3.63) is 24.2 Å². The molecule has 23 heavy (non-hydrogen) atoms. The van der Waals surface area contributed by atoms with Crippen LogP contribution in [0.2, 0.25) is 0 Å². The van der Waals surface area contributed by atoms with Gasteiger partial charge in [0, 0.05) is 5.92 Å². The lowest BCUT2D eigenvalue weighted by Gasteiger charge is -2.31. The van der Waals surface area contributed by atoms with Gasteiger partial charge in [-0.05, 0) is 57.5 Å². The molecular weight excluding hydrogens is 296 g/mol. The van der Waals surface area contributed by atoms with Crippen molar-refractivity contribution in [3.63, 3.8) is 0 Å². The molecule has 2 saturated heterocycles. The van der Waals surface area contributed by atoms with Gasteiger partial charge in [-0.1, -0.05) is 0 Å². The molecule has 0 saturated carbocycles. The van der Waals surface area contributed by atoms with Gasteiger partial charge in [-0.15, -0.1) is 0 Å². The van der Waals surface area contributed by atoms with Crippen molar-refractivity contribution in [2.24, 2.45) is 11.8 Å². The molecule has 3 heterocycles. The highest BCUT2D eigenvalue weighted by atomic mass is 16.5. The number of cyclic esters (lactones) is 1. The van der Waals surface area contributed by atoms with E-state index in [1.807, 2.05) is 12.1 Å². The minimum Gasteiger partial charge on any atom is -0.467 e. The van der Waals surface area contributed by atoms with E-state index in [2.05, 4.69) is 10.2 Å². The van der Waals surface area contributed by atoms with Gasteiger partial charge in [-0.2, -0.15) is 0 Å². The van der Waals surface area contributed by atoms with E-state index in [1.165, 1.54) is 0 Å². The number of amides is 1. The third-order valence-electron chi connectivity index (χ3n) is 4.81. The highest BCUT2D eigenvalue weighted by Crippen LogP contribution is 2.22. The van der Waals surface area contributed by atoms with Gasteiger partial charge < -0.3 is 19.4 Å². The van der Waals surface area contributed by atoms with E-state index >= 15 is 0 Å². The number of piperidine rings is 1. The predicted octanol–water partition coefficient (Wildman–Crippen LogP) is 1.56. The van der Waals surface area contributed by atoms with Crippen LogP contribution in [0.1, 0.15) is 31.4 Å². The fourth-order valence-electron chi connectivity index (χ4n) is 3.29. The Balaban J connectivity index is 1.34. The molecule has 0 bridgehead atoms. The maximum Gasteiger partial charge on any atom is 0.309 e. The number of carbonyl (C=O) groups excluding carboxylic acids is 2. The van der Waals surface area contributed by atoms with E-state index in [0.717, 1.165) is 51.1 Å². The van der Waals surface area contributed by atoms with Crippen molar-refractivity contribution in [2.75, 3.05) is 26.2 Å². The van der Waals surface area contributed by atoms with Crippen LogP contribution < -0.4 is 5.32 Å². The van der Waals surface area contributed by atoms with E-state index in [-0.39, 0.29) is 23.7 Å². The second-order valence-electron chi connectivity index (χ2n) is 6.35. The predicted molar refractivity (Wildman–Crippen MR) is 83.4 cm³/mol. The van der Waals surface area contributed by atoms with E-state index in [4.69, 9.17) is 9.15 Å². The summed E-state index contributed by atoms with van der Waals surface area (Å²) in [4.78, 5) is 26.0. The molecule has 2 aliphatic rings. The van der Waals surface area contributed by atoms with E-state index in [1.54, 1.807) is 6.26 Å². The van der Waals surface area contributed by atoms with Crippen molar-refractivity contribution in [2.45, 2.75) is 32.2 Å². The molecule has 1 N–H and O–H groups in total. The molecule has 0 aliphatic carbocycles. The van der Waals surface area contributed by atoms with Crippen LogP contribution in [-0.4, -0.2) is 43.0 Å². The number of furan rings is 1. The van der Waals surface area contributed by atoms with Gasteiger partial charge in [0.1, 0.15) is 5.76 Å². The minimum absolute atomic E-state index is 0.0443. The zero-order chi connectivity index (χ0) is 16.1. The Morgan fingerprint density at radius 3 is 2.78 bits per heavy atom. The molecule has 6 heteroatoms. The van der Waals surface area contributed by atoms with Crippen molar-refractivity contribution in [1.29, 1.82) is 0 Å². The fourth-order valence-corrected chi connectivity index (χ4v) is 3.29. The number of nitrogens with one attached hydrogen (secondary N) is 1. The lowest BCUT2D eigenvalue weighted by molar-refractivity contribution is -0.141. The maximum atomic E-state index is 12.2. The molecule has 1 aromatic rings. The molecule has 3 rings (SSSR count). The number of hydrogen-bond acceptors (Lipinski definition) is 5. The second-order valence-corrected chi connectivity index (χ2v) is 6.35. The molecule has 1 amide bonds. The molecule has 0 unspecified atom stereocenters. The average molecular weight is 320 g/mol. The molecule has 6 nitrogen and oxygen atoms in total. The summed E-state index contributed by atoms with van der Waals surface area (Å²) in [5, 5.41) is 2.94. The summed E-state index contributed by atoms with van der Waals surface area (Å²) < 4.78 is 10.2. The maximum absolute atomic E-state index is 12.2. The minimum atomic E-state index is -0.0443. The first-order valence-electron chi connectivity index (χ1n) is 8.41. The molecule has 0 spiro atoms. The van der Waals surface area contributed by atoms with Crippen LogP contribution >= 0.6 is 0 Å². The Morgan fingerprint density at radius 1 is 1.30 bits per heavy atom. The van der Waals surface area contributed by atoms with Crippen molar-refractivity contribution in [3.8, 4) is 0 Å². The number of esters is 1. The van der Waals surface area contributed by atoms with Crippen molar-refractivity contribution in [1.82, 2.24) is 10.2 Å². The van der Waals surface area contributed by atoms with E-state index < -0.39 is 0 Å². The number of hydrogen-bond donors (Lipinski definition) is 1. The smallest absolute Gasteiger partial charge is 0.309 e. The lowest BCUT2D eigenvalue weighted by atomic mass is 9.95. The quantitative estimate of drug-likeness (QED) is 0.806. The molecule has 126 valence electrons. The van der Waals surface area contributed by atoms with Crippen LogP contribution in [-0.2, 0) is 20.9 Å². The van der Waals surface area contributed by atoms with E-state index in [0.29, 0.717) is 13.2 Å². The summed E-state index contributed by atoms with van der Waals surface area (Å²) in [6, 6.07) is 3.68. The van der Waals surface area contributed by atoms with E-state index in [9.17, 15) is 9.59 Å². The number of carbonyl (C=O) groups is 2. The van der Waals surface area contributed by atoms with Crippen LogP contribution in [0.5, 0.6) is 0 Å². The Hall–Kier alpha value is -1.82. The zero-order valence-corrected chi connectivity index (χ0v) is 13.3. The number of likely N-dealkylation sites (tertiary alicyclic amines) is 1. The van der Waals surface area contributed by atoms with Crippen LogP contribution in [0.25, 0.3) is 0 Å².